The molecule has 2 N–H and O–H groups in total. The van der Waals surface area contributed by atoms with Gasteiger partial charge in [0, 0.05) is 10.4 Å². The lowest BCUT2D eigenvalue weighted by molar-refractivity contribution is -0.141. The monoisotopic (exact) mass is 311 g/mol. The SMILES string of the molecule is O=C(O)C1CCC(C(=O)Nc2ccccc2Br)C1. The van der Waals surface area contributed by atoms with Gasteiger partial charge in [-0.1, -0.05) is 12.1 Å². The van der Waals surface area contributed by atoms with Gasteiger partial charge in [-0.25, -0.2) is 0 Å². The number of para-hydroxylation sites is 1. The molecule has 1 saturated carbocycles. The fourth-order valence-corrected chi connectivity index (χ4v) is 2.63. The highest BCUT2D eigenvalue weighted by Crippen LogP contribution is 2.32. The van der Waals surface area contributed by atoms with Crippen molar-refractivity contribution in [2.75, 3.05) is 5.32 Å². The van der Waals surface area contributed by atoms with Crippen LogP contribution in [0.4, 0.5) is 5.69 Å². The lowest BCUT2D eigenvalue weighted by atomic mass is 10.0. The second-order valence-electron chi connectivity index (χ2n) is 4.51. The number of halogens is 1. The molecule has 2 unspecified atom stereocenters. The number of amides is 1. The van der Waals surface area contributed by atoms with E-state index in [2.05, 4.69) is 21.2 Å². The maximum atomic E-state index is 12.0. The van der Waals surface area contributed by atoms with E-state index in [4.69, 9.17) is 5.11 Å². The maximum Gasteiger partial charge on any atom is 0.306 e. The van der Waals surface area contributed by atoms with Crippen LogP contribution in [0, 0.1) is 11.8 Å². The van der Waals surface area contributed by atoms with Crippen LogP contribution < -0.4 is 5.32 Å². The topological polar surface area (TPSA) is 66.4 Å². The van der Waals surface area contributed by atoms with Gasteiger partial charge in [0.15, 0.2) is 0 Å². The zero-order valence-corrected chi connectivity index (χ0v) is 11.3. The second-order valence-corrected chi connectivity index (χ2v) is 5.37. The molecule has 0 aromatic heterocycles. The Kier molecular flexibility index (Phi) is 4.01. The summed E-state index contributed by atoms with van der Waals surface area (Å²) in [5.74, 6) is -1.46. The molecule has 1 aliphatic rings. The van der Waals surface area contributed by atoms with Crippen LogP contribution >= 0.6 is 15.9 Å². The number of hydrogen-bond donors (Lipinski definition) is 2. The third-order valence-electron chi connectivity index (χ3n) is 3.28. The fourth-order valence-electron chi connectivity index (χ4n) is 2.24. The number of benzene rings is 1. The Morgan fingerprint density at radius 2 is 1.89 bits per heavy atom. The fraction of sp³-hybridized carbons (Fsp3) is 0.385. The van der Waals surface area contributed by atoms with Gasteiger partial charge in [-0.15, -0.1) is 0 Å². The van der Waals surface area contributed by atoms with Crippen LogP contribution in [-0.4, -0.2) is 17.0 Å². The highest BCUT2D eigenvalue weighted by molar-refractivity contribution is 9.10. The van der Waals surface area contributed by atoms with Crippen LogP contribution in [0.5, 0.6) is 0 Å². The van der Waals surface area contributed by atoms with Crippen LogP contribution in [0.3, 0.4) is 0 Å². The summed E-state index contributed by atoms with van der Waals surface area (Å²) in [6.45, 7) is 0. The molecule has 1 aromatic rings. The van der Waals surface area contributed by atoms with Crippen molar-refractivity contribution in [1.82, 2.24) is 0 Å². The van der Waals surface area contributed by atoms with Gasteiger partial charge in [0.05, 0.1) is 11.6 Å². The number of anilines is 1. The molecule has 0 bridgehead atoms. The van der Waals surface area contributed by atoms with E-state index >= 15 is 0 Å². The van der Waals surface area contributed by atoms with E-state index in [1.165, 1.54) is 0 Å². The molecule has 0 spiro atoms. The van der Waals surface area contributed by atoms with Crippen molar-refractivity contribution in [1.29, 1.82) is 0 Å². The van der Waals surface area contributed by atoms with Gasteiger partial charge < -0.3 is 10.4 Å². The number of nitrogens with one attached hydrogen (secondary N) is 1. The first-order valence-corrected chi connectivity index (χ1v) is 6.65. The Labute approximate surface area is 114 Å². The molecule has 0 aliphatic heterocycles. The van der Waals surface area contributed by atoms with Gasteiger partial charge in [0.2, 0.25) is 5.91 Å². The minimum atomic E-state index is -0.800. The predicted octanol–water partition coefficient (Wildman–Crippen LogP) is 2.89. The van der Waals surface area contributed by atoms with E-state index in [1.807, 2.05) is 24.3 Å². The molecule has 1 aliphatic carbocycles. The summed E-state index contributed by atoms with van der Waals surface area (Å²) >= 11 is 3.36. The van der Waals surface area contributed by atoms with Crippen molar-refractivity contribution in [3.8, 4) is 0 Å². The summed E-state index contributed by atoms with van der Waals surface area (Å²) in [4.78, 5) is 22.9. The first kappa shape index (κ1) is 13.1. The highest BCUT2D eigenvalue weighted by Gasteiger charge is 2.33. The van der Waals surface area contributed by atoms with Gasteiger partial charge >= 0.3 is 5.97 Å². The minimum Gasteiger partial charge on any atom is -0.481 e. The van der Waals surface area contributed by atoms with Crippen LogP contribution in [0.25, 0.3) is 0 Å². The van der Waals surface area contributed by atoms with Crippen molar-refractivity contribution in [2.24, 2.45) is 11.8 Å². The number of hydrogen-bond acceptors (Lipinski definition) is 2. The molecule has 5 heteroatoms. The standard InChI is InChI=1S/C13H14BrNO3/c14-10-3-1-2-4-11(10)15-12(16)8-5-6-9(7-8)13(17)18/h1-4,8-9H,5-7H2,(H,15,16)(H,17,18). The third kappa shape index (κ3) is 2.90. The lowest BCUT2D eigenvalue weighted by Crippen LogP contribution is -2.21. The number of aliphatic carboxylic acids is 1. The van der Waals surface area contributed by atoms with E-state index in [9.17, 15) is 9.59 Å². The molecule has 2 rings (SSSR count). The molecule has 2 atom stereocenters. The Hall–Kier alpha value is -1.36. The van der Waals surface area contributed by atoms with Crippen LogP contribution in [0.2, 0.25) is 0 Å². The summed E-state index contributed by atoms with van der Waals surface area (Å²) in [5, 5.41) is 11.7. The third-order valence-corrected chi connectivity index (χ3v) is 3.98. The molecule has 4 nitrogen and oxygen atoms in total. The van der Waals surface area contributed by atoms with E-state index in [-0.39, 0.29) is 17.7 Å². The zero-order valence-electron chi connectivity index (χ0n) is 9.73. The zero-order chi connectivity index (χ0) is 13.1. The molecule has 0 radical (unpaired) electrons. The number of carbonyl (C=O) groups is 2. The number of carboxylic acid groups (broad SMARTS) is 1. The summed E-state index contributed by atoms with van der Waals surface area (Å²) in [7, 11) is 0. The Bertz CT molecular complexity index is 475. The molecule has 1 aromatic carbocycles. The first-order chi connectivity index (χ1) is 8.58. The Morgan fingerprint density at radius 1 is 1.22 bits per heavy atom. The normalized spacial score (nSPS) is 22.7. The predicted molar refractivity (Wildman–Crippen MR) is 71.2 cm³/mol. The molecular weight excluding hydrogens is 298 g/mol. The average molecular weight is 312 g/mol. The van der Waals surface area contributed by atoms with Crippen molar-refractivity contribution < 1.29 is 14.7 Å². The molecule has 96 valence electrons. The van der Waals surface area contributed by atoms with Crippen molar-refractivity contribution in [3.05, 3.63) is 28.7 Å². The number of carbonyl (C=O) groups excluding carboxylic acids is 1. The van der Waals surface area contributed by atoms with Gasteiger partial charge in [-0.05, 0) is 47.3 Å². The van der Waals surface area contributed by atoms with Crippen LogP contribution in [0.1, 0.15) is 19.3 Å². The lowest BCUT2D eigenvalue weighted by Gasteiger charge is -2.11. The van der Waals surface area contributed by atoms with Gasteiger partial charge in [0.25, 0.3) is 0 Å². The molecule has 0 saturated heterocycles. The molecule has 18 heavy (non-hydrogen) atoms. The second kappa shape index (κ2) is 5.52. The van der Waals surface area contributed by atoms with Crippen molar-refractivity contribution >= 4 is 33.5 Å². The summed E-state index contributed by atoms with van der Waals surface area (Å²) < 4.78 is 0.825. The van der Waals surface area contributed by atoms with Crippen LogP contribution in [0.15, 0.2) is 28.7 Å². The van der Waals surface area contributed by atoms with E-state index in [0.29, 0.717) is 19.3 Å². The van der Waals surface area contributed by atoms with Crippen LogP contribution in [-0.2, 0) is 9.59 Å². The number of rotatable bonds is 3. The van der Waals surface area contributed by atoms with Gasteiger partial charge in [-0.2, -0.15) is 0 Å². The van der Waals surface area contributed by atoms with Gasteiger partial charge in [0.1, 0.15) is 0 Å². The van der Waals surface area contributed by atoms with Crippen molar-refractivity contribution in [3.63, 3.8) is 0 Å². The van der Waals surface area contributed by atoms with Gasteiger partial charge in [-0.3, -0.25) is 9.59 Å². The van der Waals surface area contributed by atoms with E-state index in [1.54, 1.807) is 0 Å². The molecule has 1 fully saturated rings. The van der Waals surface area contributed by atoms with E-state index in [0.717, 1.165) is 10.2 Å². The molecule has 1 amide bonds. The smallest absolute Gasteiger partial charge is 0.306 e. The maximum absolute atomic E-state index is 12.0. The summed E-state index contributed by atoms with van der Waals surface area (Å²) in [6, 6.07) is 7.38. The quantitative estimate of drug-likeness (QED) is 0.902. The molecular formula is C13H14BrNO3. The Balaban J connectivity index is 1.98. The average Bonchev–Trinajstić information content (AvgIpc) is 2.81. The minimum absolute atomic E-state index is 0.0920. The van der Waals surface area contributed by atoms with Crippen molar-refractivity contribution in [2.45, 2.75) is 19.3 Å². The highest BCUT2D eigenvalue weighted by atomic mass is 79.9. The summed E-state index contributed by atoms with van der Waals surface area (Å²) in [5.41, 5.74) is 0.723. The largest absolute Gasteiger partial charge is 0.481 e. The molecule has 0 heterocycles. The summed E-state index contributed by atoms with van der Waals surface area (Å²) in [6.07, 6.45) is 1.67. The van der Waals surface area contributed by atoms with E-state index < -0.39 is 5.97 Å². The first-order valence-electron chi connectivity index (χ1n) is 5.86. The number of carboxylic acids is 1. The Morgan fingerprint density at radius 3 is 2.50 bits per heavy atom.